The van der Waals surface area contributed by atoms with E-state index in [0.29, 0.717) is 17.7 Å². The molecule has 15 heavy (non-hydrogen) atoms. The molecule has 1 rings (SSSR count). The Morgan fingerprint density at radius 1 is 1.53 bits per heavy atom. The average molecular weight is 221 g/mol. The van der Waals surface area contributed by atoms with Crippen LogP contribution in [0.3, 0.4) is 0 Å². The Morgan fingerprint density at radius 3 is 2.87 bits per heavy atom. The molecule has 1 aromatic rings. The molecule has 0 spiro atoms. The van der Waals surface area contributed by atoms with E-state index in [4.69, 9.17) is 0 Å². The summed E-state index contributed by atoms with van der Waals surface area (Å²) in [5.41, 5.74) is 1.40. The van der Waals surface area contributed by atoms with Gasteiger partial charge in [-0.15, -0.1) is 0 Å². The molecule has 0 saturated carbocycles. The number of nitrogens with zero attached hydrogens (tertiary/aromatic N) is 1. The minimum atomic E-state index is -0.405. The standard InChI is InChI=1S/C11H11NO2S/c1-9-5-4-7-11(12(13)14)10(9)6-2-3-8-15/h4-5,7,15H,3,8H2,1H3. The highest BCUT2D eigenvalue weighted by molar-refractivity contribution is 7.80. The Kier molecular flexibility index (Phi) is 4.19. The molecule has 78 valence electrons. The second kappa shape index (κ2) is 5.42. The topological polar surface area (TPSA) is 43.1 Å². The maximum Gasteiger partial charge on any atom is 0.285 e. The van der Waals surface area contributed by atoms with Crippen LogP contribution in [0.2, 0.25) is 0 Å². The summed E-state index contributed by atoms with van der Waals surface area (Å²) in [7, 11) is 0. The van der Waals surface area contributed by atoms with Crippen LogP contribution < -0.4 is 0 Å². The molecular formula is C11H11NO2S. The fraction of sp³-hybridized carbons (Fsp3) is 0.273. The molecule has 0 unspecified atom stereocenters. The zero-order chi connectivity index (χ0) is 11.3. The maximum atomic E-state index is 10.7. The summed E-state index contributed by atoms with van der Waals surface area (Å²) in [6, 6.07) is 4.95. The van der Waals surface area contributed by atoms with E-state index in [-0.39, 0.29) is 5.69 Å². The molecule has 0 amide bonds. The van der Waals surface area contributed by atoms with Crippen LogP contribution in [0.1, 0.15) is 17.5 Å². The Bertz CT molecular complexity index is 432. The van der Waals surface area contributed by atoms with Crippen LogP contribution in [-0.2, 0) is 0 Å². The van der Waals surface area contributed by atoms with Crippen molar-refractivity contribution in [2.75, 3.05) is 5.75 Å². The third-order valence-corrected chi connectivity index (χ3v) is 2.12. The Balaban J connectivity index is 3.15. The summed E-state index contributed by atoms with van der Waals surface area (Å²) in [5, 5.41) is 10.7. The molecule has 0 saturated heterocycles. The lowest BCUT2D eigenvalue weighted by Crippen LogP contribution is -1.94. The van der Waals surface area contributed by atoms with Crippen LogP contribution >= 0.6 is 12.6 Å². The predicted octanol–water partition coefficient (Wildman–Crippen LogP) is 2.57. The van der Waals surface area contributed by atoms with Crippen LogP contribution in [0, 0.1) is 28.9 Å². The molecule has 0 aliphatic carbocycles. The monoisotopic (exact) mass is 221 g/mol. The molecule has 0 N–H and O–H groups in total. The van der Waals surface area contributed by atoms with E-state index in [9.17, 15) is 10.1 Å². The van der Waals surface area contributed by atoms with Crippen molar-refractivity contribution in [1.29, 1.82) is 0 Å². The molecule has 0 heterocycles. The highest BCUT2D eigenvalue weighted by atomic mass is 32.1. The quantitative estimate of drug-likeness (QED) is 0.361. The van der Waals surface area contributed by atoms with Gasteiger partial charge < -0.3 is 0 Å². The maximum absolute atomic E-state index is 10.7. The molecule has 0 aromatic heterocycles. The minimum absolute atomic E-state index is 0.0710. The van der Waals surface area contributed by atoms with E-state index in [0.717, 1.165) is 5.56 Å². The molecule has 0 atom stereocenters. The van der Waals surface area contributed by atoms with Gasteiger partial charge in [-0.25, -0.2) is 0 Å². The van der Waals surface area contributed by atoms with Gasteiger partial charge >= 0.3 is 0 Å². The number of hydrogen-bond donors (Lipinski definition) is 1. The molecule has 4 heteroatoms. The second-order valence-electron chi connectivity index (χ2n) is 3.00. The van der Waals surface area contributed by atoms with Gasteiger partial charge in [0.15, 0.2) is 0 Å². The van der Waals surface area contributed by atoms with Crippen molar-refractivity contribution in [3.63, 3.8) is 0 Å². The molecule has 0 aliphatic rings. The Hall–Kier alpha value is -1.47. The lowest BCUT2D eigenvalue weighted by atomic mass is 10.1. The Labute approximate surface area is 94.1 Å². The van der Waals surface area contributed by atoms with Crippen molar-refractivity contribution in [3.05, 3.63) is 39.4 Å². The molecule has 0 fully saturated rings. The number of rotatable bonds is 2. The highest BCUT2D eigenvalue weighted by Gasteiger charge is 2.12. The van der Waals surface area contributed by atoms with Gasteiger partial charge in [-0.3, -0.25) is 10.1 Å². The smallest absolute Gasteiger partial charge is 0.258 e. The van der Waals surface area contributed by atoms with Gasteiger partial charge in [-0.05, 0) is 12.5 Å². The first-order valence-electron chi connectivity index (χ1n) is 4.50. The van der Waals surface area contributed by atoms with Crippen molar-refractivity contribution < 1.29 is 4.92 Å². The van der Waals surface area contributed by atoms with Gasteiger partial charge in [-0.1, -0.05) is 24.0 Å². The number of benzene rings is 1. The number of hydrogen-bond acceptors (Lipinski definition) is 3. The largest absolute Gasteiger partial charge is 0.285 e. The summed E-state index contributed by atoms with van der Waals surface area (Å²) in [5.74, 6) is 6.34. The first-order chi connectivity index (χ1) is 7.16. The minimum Gasteiger partial charge on any atom is -0.258 e. The van der Waals surface area contributed by atoms with Crippen LogP contribution in [0.5, 0.6) is 0 Å². The molecule has 3 nitrogen and oxygen atoms in total. The Morgan fingerprint density at radius 2 is 2.27 bits per heavy atom. The first kappa shape index (κ1) is 11.6. The van der Waals surface area contributed by atoms with E-state index < -0.39 is 4.92 Å². The van der Waals surface area contributed by atoms with Crippen LogP contribution in [0.25, 0.3) is 0 Å². The summed E-state index contributed by atoms with van der Waals surface area (Å²) in [4.78, 5) is 10.3. The molecule has 0 aliphatic heterocycles. The zero-order valence-corrected chi connectivity index (χ0v) is 9.25. The average Bonchev–Trinajstić information content (AvgIpc) is 2.20. The van der Waals surface area contributed by atoms with Gasteiger partial charge in [0.1, 0.15) is 5.56 Å². The van der Waals surface area contributed by atoms with E-state index >= 15 is 0 Å². The predicted molar refractivity (Wildman–Crippen MR) is 63.2 cm³/mol. The fourth-order valence-corrected chi connectivity index (χ4v) is 1.29. The number of aryl methyl sites for hydroxylation is 1. The molecule has 0 bridgehead atoms. The fourth-order valence-electron chi connectivity index (χ4n) is 1.17. The summed E-state index contributed by atoms with van der Waals surface area (Å²) in [6.45, 7) is 1.82. The molecule has 1 aromatic carbocycles. The van der Waals surface area contributed by atoms with Gasteiger partial charge in [0.25, 0.3) is 5.69 Å². The third kappa shape index (κ3) is 3.00. The van der Waals surface area contributed by atoms with Crippen molar-refractivity contribution in [2.45, 2.75) is 13.3 Å². The van der Waals surface area contributed by atoms with E-state index in [2.05, 4.69) is 24.5 Å². The lowest BCUT2D eigenvalue weighted by molar-refractivity contribution is -0.385. The summed E-state index contributed by atoms with van der Waals surface area (Å²) in [6.07, 6.45) is 0.634. The van der Waals surface area contributed by atoms with E-state index in [1.165, 1.54) is 6.07 Å². The SMILES string of the molecule is Cc1cccc([N+](=O)[O-])c1C#CCCS. The third-order valence-electron chi connectivity index (χ3n) is 1.90. The lowest BCUT2D eigenvalue weighted by Gasteiger charge is -1.98. The highest BCUT2D eigenvalue weighted by Crippen LogP contribution is 2.20. The first-order valence-corrected chi connectivity index (χ1v) is 5.14. The number of nitro groups is 1. The van der Waals surface area contributed by atoms with Gasteiger partial charge in [0.2, 0.25) is 0 Å². The summed E-state index contributed by atoms with van der Waals surface area (Å²) >= 11 is 4.02. The second-order valence-corrected chi connectivity index (χ2v) is 3.45. The van der Waals surface area contributed by atoms with Gasteiger partial charge in [-0.2, -0.15) is 12.6 Å². The number of nitro benzene ring substituents is 1. The van der Waals surface area contributed by atoms with Crippen molar-refractivity contribution in [2.24, 2.45) is 0 Å². The normalized spacial score (nSPS) is 9.20. The molecule has 0 radical (unpaired) electrons. The number of thiol groups is 1. The van der Waals surface area contributed by atoms with Gasteiger partial charge in [0, 0.05) is 18.2 Å². The van der Waals surface area contributed by atoms with Gasteiger partial charge in [0.05, 0.1) is 4.92 Å². The van der Waals surface area contributed by atoms with Crippen molar-refractivity contribution in [3.8, 4) is 11.8 Å². The van der Waals surface area contributed by atoms with E-state index in [1.54, 1.807) is 6.07 Å². The van der Waals surface area contributed by atoms with Crippen LogP contribution in [0.15, 0.2) is 18.2 Å². The van der Waals surface area contributed by atoms with Crippen molar-refractivity contribution >= 4 is 18.3 Å². The van der Waals surface area contributed by atoms with E-state index in [1.807, 2.05) is 13.0 Å². The van der Waals surface area contributed by atoms with Crippen molar-refractivity contribution in [1.82, 2.24) is 0 Å². The zero-order valence-electron chi connectivity index (χ0n) is 8.36. The molecular weight excluding hydrogens is 210 g/mol. The van der Waals surface area contributed by atoms with Crippen LogP contribution in [0.4, 0.5) is 5.69 Å². The summed E-state index contributed by atoms with van der Waals surface area (Å²) < 4.78 is 0. The van der Waals surface area contributed by atoms with Crippen LogP contribution in [-0.4, -0.2) is 10.7 Å².